The summed E-state index contributed by atoms with van der Waals surface area (Å²) in [5.41, 5.74) is 0.912. The van der Waals surface area contributed by atoms with E-state index in [-0.39, 0.29) is 17.0 Å². The predicted molar refractivity (Wildman–Crippen MR) is 101 cm³/mol. The molecule has 0 aliphatic rings. The molecule has 2 aromatic heterocycles. The highest BCUT2D eigenvalue weighted by Crippen LogP contribution is 2.31. The van der Waals surface area contributed by atoms with Gasteiger partial charge in [0.15, 0.2) is 22.8 Å². The molecule has 0 bridgehead atoms. The second kappa shape index (κ2) is 7.19. The SMILES string of the molecule is COc1cccc2cc(C(C)NC(=O)c3cc(-c4ccccc4F)on3)oc12. The summed E-state index contributed by atoms with van der Waals surface area (Å²) in [4.78, 5) is 12.5. The second-order valence-electron chi connectivity index (χ2n) is 6.28. The minimum Gasteiger partial charge on any atom is -0.493 e. The van der Waals surface area contributed by atoms with Crippen molar-refractivity contribution in [2.24, 2.45) is 0 Å². The van der Waals surface area contributed by atoms with Crippen molar-refractivity contribution in [3.63, 3.8) is 0 Å². The highest BCUT2D eigenvalue weighted by molar-refractivity contribution is 5.93. The molecular formula is C21H17FN2O4. The van der Waals surface area contributed by atoms with Crippen LogP contribution < -0.4 is 10.1 Å². The van der Waals surface area contributed by atoms with Gasteiger partial charge in [0.1, 0.15) is 11.6 Å². The summed E-state index contributed by atoms with van der Waals surface area (Å²) < 4.78 is 30.1. The third-order valence-electron chi connectivity index (χ3n) is 4.40. The summed E-state index contributed by atoms with van der Waals surface area (Å²) in [6.07, 6.45) is 0. The molecule has 0 radical (unpaired) electrons. The highest BCUT2D eigenvalue weighted by atomic mass is 19.1. The quantitative estimate of drug-likeness (QED) is 0.542. The maximum Gasteiger partial charge on any atom is 0.274 e. The zero-order valence-electron chi connectivity index (χ0n) is 15.2. The van der Waals surface area contributed by atoms with Crippen LogP contribution in [0.1, 0.15) is 29.2 Å². The number of benzene rings is 2. The first kappa shape index (κ1) is 17.8. The summed E-state index contributed by atoms with van der Waals surface area (Å²) in [5.74, 6) is 0.477. The van der Waals surface area contributed by atoms with E-state index in [0.29, 0.717) is 17.1 Å². The number of rotatable bonds is 5. The number of nitrogens with zero attached hydrogens (tertiary/aromatic N) is 1. The smallest absolute Gasteiger partial charge is 0.274 e. The number of aromatic nitrogens is 1. The van der Waals surface area contributed by atoms with Gasteiger partial charge in [-0.05, 0) is 31.2 Å². The van der Waals surface area contributed by atoms with E-state index < -0.39 is 17.8 Å². The molecule has 1 amide bonds. The Bertz CT molecular complexity index is 1150. The Morgan fingerprint density at radius 2 is 2.00 bits per heavy atom. The van der Waals surface area contributed by atoms with Crippen molar-refractivity contribution in [2.75, 3.05) is 7.11 Å². The Kier molecular flexibility index (Phi) is 4.57. The Hall–Kier alpha value is -3.61. The fraction of sp³-hybridized carbons (Fsp3) is 0.143. The zero-order chi connectivity index (χ0) is 19.7. The Morgan fingerprint density at radius 1 is 1.18 bits per heavy atom. The molecule has 0 spiro atoms. The van der Waals surface area contributed by atoms with E-state index in [1.807, 2.05) is 18.2 Å². The van der Waals surface area contributed by atoms with E-state index >= 15 is 0 Å². The van der Waals surface area contributed by atoms with E-state index in [1.165, 1.54) is 12.1 Å². The number of halogens is 1. The molecule has 0 saturated heterocycles. The van der Waals surface area contributed by atoms with Crippen molar-refractivity contribution in [2.45, 2.75) is 13.0 Å². The Balaban J connectivity index is 1.53. The molecule has 2 heterocycles. The van der Waals surface area contributed by atoms with Crippen LogP contribution in [0.2, 0.25) is 0 Å². The van der Waals surface area contributed by atoms with Crippen LogP contribution in [0.25, 0.3) is 22.3 Å². The van der Waals surface area contributed by atoms with Crippen molar-refractivity contribution >= 4 is 16.9 Å². The lowest BCUT2D eigenvalue weighted by Crippen LogP contribution is -2.26. The summed E-state index contributed by atoms with van der Waals surface area (Å²) in [6.45, 7) is 1.79. The number of nitrogens with one attached hydrogen (secondary N) is 1. The molecule has 4 aromatic rings. The minimum absolute atomic E-state index is 0.0544. The van der Waals surface area contributed by atoms with Crippen LogP contribution >= 0.6 is 0 Å². The molecule has 0 aliphatic carbocycles. The van der Waals surface area contributed by atoms with Gasteiger partial charge in [-0.3, -0.25) is 4.79 Å². The zero-order valence-corrected chi connectivity index (χ0v) is 15.2. The number of carbonyl (C=O) groups is 1. The van der Waals surface area contributed by atoms with Gasteiger partial charge in [-0.2, -0.15) is 0 Å². The molecule has 2 aromatic carbocycles. The third-order valence-corrected chi connectivity index (χ3v) is 4.40. The van der Waals surface area contributed by atoms with Gasteiger partial charge >= 0.3 is 0 Å². The van der Waals surface area contributed by atoms with Gasteiger partial charge < -0.3 is 19.0 Å². The summed E-state index contributed by atoms with van der Waals surface area (Å²) in [6, 6.07) is 14.5. The second-order valence-corrected chi connectivity index (χ2v) is 6.28. The summed E-state index contributed by atoms with van der Waals surface area (Å²) in [7, 11) is 1.57. The van der Waals surface area contributed by atoms with Crippen molar-refractivity contribution in [3.8, 4) is 17.1 Å². The molecule has 1 atom stereocenters. The lowest BCUT2D eigenvalue weighted by Gasteiger charge is -2.09. The van der Waals surface area contributed by atoms with E-state index in [4.69, 9.17) is 13.7 Å². The van der Waals surface area contributed by atoms with E-state index in [0.717, 1.165) is 5.39 Å². The predicted octanol–water partition coefficient (Wildman–Crippen LogP) is 4.73. The average molecular weight is 380 g/mol. The van der Waals surface area contributed by atoms with Crippen molar-refractivity contribution in [1.82, 2.24) is 10.5 Å². The Labute approximate surface area is 159 Å². The van der Waals surface area contributed by atoms with E-state index in [9.17, 15) is 9.18 Å². The first-order valence-corrected chi connectivity index (χ1v) is 8.65. The van der Waals surface area contributed by atoms with Crippen LogP contribution in [0.4, 0.5) is 4.39 Å². The number of fused-ring (bicyclic) bond motifs is 1. The first-order chi connectivity index (χ1) is 13.6. The van der Waals surface area contributed by atoms with Crippen LogP contribution in [-0.2, 0) is 0 Å². The molecule has 0 fully saturated rings. The van der Waals surface area contributed by atoms with Gasteiger partial charge in [-0.15, -0.1) is 0 Å². The number of furan rings is 1. The average Bonchev–Trinajstić information content (AvgIpc) is 3.35. The molecular weight excluding hydrogens is 363 g/mol. The fourth-order valence-corrected chi connectivity index (χ4v) is 2.94. The lowest BCUT2D eigenvalue weighted by atomic mass is 10.1. The highest BCUT2D eigenvalue weighted by Gasteiger charge is 2.20. The van der Waals surface area contributed by atoms with Crippen molar-refractivity contribution in [1.29, 1.82) is 0 Å². The number of para-hydroxylation sites is 1. The van der Waals surface area contributed by atoms with Crippen LogP contribution in [0.3, 0.4) is 0 Å². The van der Waals surface area contributed by atoms with Gasteiger partial charge in [0.05, 0.1) is 18.7 Å². The molecule has 1 N–H and O–H groups in total. The molecule has 6 nitrogen and oxygen atoms in total. The third kappa shape index (κ3) is 3.22. The number of hydrogen-bond donors (Lipinski definition) is 1. The molecule has 0 aliphatic heterocycles. The standard InChI is InChI=1S/C21H17FN2O4/c1-12(18-10-13-6-5-9-17(26-2)20(13)27-18)23-21(25)16-11-19(28-24-16)14-7-3-4-8-15(14)22/h3-12H,1-2H3,(H,23,25). The molecule has 142 valence electrons. The van der Waals surface area contributed by atoms with Crippen LogP contribution in [0.15, 0.2) is 63.5 Å². The number of carbonyl (C=O) groups excluding carboxylic acids is 1. The number of amides is 1. The minimum atomic E-state index is -0.453. The maximum atomic E-state index is 13.9. The molecule has 28 heavy (non-hydrogen) atoms. The monoisotopic (exact) mass is 380 g/mol. The summed E-state index contributed by atoms with van der Waals surface area (Å²) in [5, 5.41) is 7.42. The molecule has 1 unspecified atom stereocenters. The number of hydrogen-bond acceptors (Lipinski definition) is 5. The molecule has 0 saturated carbocycles. The van der Waals surface area contributed by atoms with Gasteiger partial charge in [-0.25, -0.2) is 4.39 Å². The summed E-state index contributed by atoms with van der Waals surface area (Å²) >= 11 is 0. The molecule has 4 rings (SSSR count). The van der Waals surface area contributed by atoms with Crippen molar-refractivity contribution in [3.05, 3.63) is 71.9 Å². The normalized spacial score (nSPS) is 12.1. The fourth-order valence-electron chi connectivity index (χ4n) is 2.94. The van der Waals surface area contributed by atoms with Crippen LogP contribution in [-0.4, -0.2) is 18.2 Å². The van der Waals surface area contributed by atoms with Crippen molar-refractivity contribution < 1.29 is 22.9 Å². The van der Waals surface area contributed by atoms with Crippen LogP contribution in [0, 0.1) is 5.82 Å². The van der Waals surface area contributed by atoms with Gasteiger partial charge in [-0.1, -0.05) is 29.4 Å². The topological polar surface area (TPSA) is 77.5 Å². The van der Waals surface area contributed by atoms with E-state index in [2.05, 4.69) is 10.5 Å². The Morgan fingerprint density at radius 3 is 2.79 bits per heavy atom. The van der Waals surface area contributed by atoms with Gasteiger partial charge in [0.2, 0.25) is 0 Å². The number of ether oxygens (including phenoxy) is 1. The van der Waals surface area contributed by atoms with Gasteiger partial charge in [0.25, 0.3) is 5.91 Å². The van der Waals surface area contributed by atoms with E-state index in [1.54, 1.807) is 38.3 Å². The largest absolute Gasteiger partial charge is 0.493 e. The number of methoxy groups -OCH3 is 1. The lowest BCUT2D eigenvalue weighted by molar-refractivity contribution is 0.0926. The van der Waals surface area contributed by atoms with Gasteiger partial charge in [0, 0.05) is 11.5 Å². The molecule has 7 heteroatoms. The maximum absolute atomic E-state index is 13.9. The first-order valence-electron chi connectivity index (χ1n) is 8.65. The van der Waals surface area contributed by atoms with Crippen LogP contribution in [0.5, 0.6) is 5.75 Å².